The molecule has 4 nitrogen and oxygen atoms in total. The third-order valence-electron chi connectivity index (χ3n) is 4.12. The summed E-state index contributed by atoms with van der Waals surface area (Å²) in [5.41, 5.74) is 1.30. The molecule has 0 saturated heterocycles. The molecular formula is C14H22ClN3O. The van der Waals surface area contributed by atoms with Crippen molar-refractivity contribution in [3.05, 3.63) is 16.3 Å². The zero-order chi connectivity index (χ0) is 14.0. The lowest BCUT2D eigenvalue weighted by Crippen LogP contribution is -2.41. The summed E-state index contributed by atoms with van der Waals surface area (Å²) in [4.78, 5) is 0. The highest BCUT2D eigenvalue weighted by atomic mass is 35.5. The molecule has 1 aliphatic rings. The molecular weight excluding hydrogens is 262 g/mol. The van der Waals surface area contributed by atoms with E-state index in [0.717, 1.165) is 30.4 Å². The average Bonchev–Trinajstić information content (AvgIpc) is 2.35. The molecule has 2 unspecified atom stereocenters. The van der Waals surface area contributed by atoms with Crippen molar-refractivity contribution in [2.45, 2.75) is 52.1 Å². The van der Waals surface area contributed by atoms with Crippen LogP contribution in [0.3, 0.4) is 0 Å². The first-order valence-electron chi connectivity index (χ1n) is 6.87. The summed E-state index contributed by atoms with van der Waals surface area (Å²) in [6.07, 6.45) is 3.99. The number of hydrogen-bond acceptors (Lipinski definition) is 4. The second kappa shape index (κ2) is 5.63. The molecule has 0 bridgehead atoms. The second-order valence-electron chi connectivity index (χ2n) is 5.87. The standard InChI is InChI=1S/C14H22ClN3O/c1-9-5-4-6-14(19,7-9)8-16-13-11(3)10(2)12(15)17-18-13/h9,19H,4-8H2,1-3H3,(H,16,18). The summed E-state index contributed by atoms with van der Waals surface area (Å²) < 4.78 is 0. The average molecular weight is 284 g/mol. The Bertz CT molecular complexity index is 466. The minimum atomic E-state index is -0.626. The molecule has 0 radical (unpaired) electrons. The van der Waals surface area contributed by atoms with Gasteiger partial charge < -0.3 is 10.4 Å². The number of anilines is 1. The molecule has 1 aromatic rings. The van der Waals surface area contributed by atoms with Gasteiger partial charge in [0.2, 0.25) is 0 Å². The lowest BCUT2D eigenvalue weighted by Gasteiger charge is -2.35. The van der Waals surface area contributed by atoms with Gasteiger partial charge in [-0.2, -0.15) is 0 Å². The molecule has 2 atom stereocenters. The fraction of sp³-hybridized carbons (Fsp3) is 0.714. The fourth-order valence-corrected chi connectivity index (χ4v) is 2.96. The van der Waals surface area contributed by atoms with Crippen molar-refractivity contribution < 1.29 is 5.11 Å². The molecule has 106 valence electrons. The van der Waals surface area contributed by atoms with Crippen LogP contribution in [0.1, 0.15) is 43.7 Å². The van der Waals surface area contributed by atoms with Crippen LogP contribution in [-0.2, 0) is 0 Å². The van der Waals surface area contributed by atoms with Crippen molar-refractivity contribution in [2.24, 2.45) is 5.92 Å². The molecule has 0 aliphatic heterocycles. The SMILES string of the molecule is Cc1c(Cl)nnc(NCC2(O)CCCC(C)C2)c1C. The number of rotatable bonds is 3. The van der Waals surface area contributed by atoms with E-state index in [-0.39, 0.29) is 0 Å². The van der Waals surface area contributed by atoms with Crippen LogP contribution in [0.5, 0.6) is 0 Å². The van der Waals surface area contributed by atoms with Crippen LogP contribution >= 0.6 is 11.6 Å². The molecule has 1 aliphatic carbocycles. The molecule has 0 amide bonds. The van der Waals surface area contributed by atoms with Gasteiger partial charge in [0.05, 0.1) is 5.60 Å². The first-order chi connectivity index (χ1) is 8.91. The first-order valence-corrected chi connectivity index (χ1v) is 7.25. The van der Waals surface area contributed by atoms with Crippen molar-refractivity contribution in [1.29, 1.82) is 0 Å². The molecule has 1 aromatic heterocycles. The third-order valence-corrected chi connectivity index (χ3v) is 4.48. The first kappa shape index (κ1) is 14.5. The number of nitrogens with zero attached hydrogens (tertiary/aromatic N) is 2. The van der Waals surface area contributed by atoms with E-state index in [1.54, 1.807) is 0 Å². The number of halogens is 1. The molecule has 1 heterocycles. The van der Waals surface area contributed by atoms with Crippen molar-refractivity contribution >= 4 is 17.4 Å². The van der Waals surface area contributed by atoms with Crippen LogP contribution in [-0.4, -0.2) is 27.4 Å². The van der Waals surface area contributed by atoms with E-state index in [1.165, 1.54) is 6.42 Å². The Morgan fingerprint density at radius 3 is 2.79 bits per heavy atom. The van der Waals surface area contributed by atoms with Crippen LogP contribution < -0.4 is 5.32 Å². The quantitative estimate of drug-likeness (QED) is 0.895. The highest BCUT2D eigenvalue weighted by molar-refractivity contribution is 6.30. The van der Waals surface area contributed by atoms with Crippen LogP contribution in [0.15, 0.2) is 0 Å². The predicted molar refractivity (Wildman–Crippen MR) is 77.6 cm³/mol. The van der Waals surface area contributed by atoms with Crippen molar-refractivity contribution in [3.8, 4) is 0 Å². The zero-order valence-electron chi connectivity index (χ0n) is 11.8. The lowest BCUT2D eigenvalue weighted by atomic mass is 9.79. The predicted octanol–water partition coefficient (Wildman–Crippen LogP) is 3.10. The van der Waals surface area contributed by atoms with Gasteiger partial charge in [-0.3, -0.25) is 0 Å². The summed E-state index contributed by atoms with van der Waals surface area (Å²) >= 11 is 5.93. The Hall–Kier alpha value is -0.870. The van der Waals surface area contributed by atoms with Gasteiger partial charge >= 0.3 is 0 Å². The minimum Gasteiger partial charge on any atom is -0.388 e. The van der Waals surface area contributed by atoms with E-state index in [4.69, 9.17) is 11.6 Å². The Morgan fingerprint density at radius 1 is 1.37 bits per heavy atom. The van der Waals surface area contributed by atoms with Crippen molar-refractivity contribution in [2.75, 3.05) is 11.9 Å². The second-order valence-corrected chi connectivity index (χ2v) is 6.23. The summed E-state index contributed by atoms with van der Waals surface area (Å²) in [5.74, 6) is 1.30. The maximum atomic E-state index is 10.6. The molecule has 2 N–H and O–H groups in total. The largest absolute Gasteiger partial charge is 0.388 e. The van der Waals surface area contributed by atoms with Crippen LogP contribution in [0, 0.1) is 19.8 Å². The number of aromatic nitrogens is 2. The number of aliphatic hydroxyl groups is 1. The molecule has 0 aromatic carbocycles. The molecule has 1 fully saturated rings. The van der Waals surface area contributed by atoms with Crippen LogP contribution in [0.4, 0.5) is 5.82 Å². The van der Waals surface area contributed by atoms with Gasteiger partial charge in [0, 0.05) is 6.54 Å². The summed E-state index contributed by atoms with van der Waals surface area (Å²) in [6.45, 7) is 6.61. The molecule has 1 saturated carbocycles. The number of hydrogen-bond donors (Lipinski definition) is 2. The Balaban J connectivity index is 2.04. The van der Waals surface area contributed by atoms with E-state index in [2.05, 4.69) is 22.4 Å². The van der Waals surface area contributed by atoms with E-state index in [1.807, 2.05) is 13.8 Å². The molecule has 0 spiro atoms. The highest BCUT2D eigenvalue weighted by Gasteiger charge is 2.32. The van der Waals surface area contributed by atoms with Crippen molar-refractivity contribution in [1.82, 2.24) is 10.2 Å². The summed E-state index contributed by atoms with van der Waals surface area (Å²) in [5, 5.41) is 22.2. The van der Waals surface area contributed by atoms with E-state index < -0.39 is 5.60 Å². The molecule has 19 heavy (non-hydrogen) atoms. The van der Waals surface area contributed by atoms with Gasteiger partial charge in [-0.1, -0.05) is 31.4 Å². The molecule has 5 heteroatoms. The zero-order valence-corrected chi connectivity index (χ0v) is 12.6. The maximum absolute atomic E-state index is 10.6. The Labute approximate surface area is 119 Å². The Morgan fingerprint density at radius 2 is 2.11 bits per heavy atom. The lowest BCUT2D eigenvalue weighted by molar-refractivity contribution is -0.000845. The maximum Gasteiger partial charge on any atom is 0.155 e. The topological polar surface area (TPSA) is 58.0 Å². The van der Waals surface area contributed by atoms with Crippen molar-refractivity contribution in [3.63, 3.8) is 0 Å². The van der Waals surface area contributed by atoms with Gasteiger partial charge in [-0.15, -0.1) is 10.2 Å². The van der Waals surface area contributed by atoms with Gasteiger partial charge in [-0.05, 0) is 43.7 Å². The number of nitrogens with one attached hydrogen (secondary N) is 1. The fourth-order valence-electron chi connectivity index (χ4n) is 2.79. The minimum absolute atomic E-state index is 0.438. The van der Waals surface area contributed by atoms with Gasteiger partial charge in [0.1, 0.15) is 0 Å². The van der Waals surface area contributed by atoms with Crippen LogP contribution in [0.25, 0.3) is 0 Å². The van der Waals surface area contributed by atoms with E-state index >= 15 is 0 Å². The third kappa shape index (κ3) is 3.37. The van der Waals surface area contributed by atoms with Gasteiger partial charge in [-0.25, -0.2) is 0 Å². The van der Waals surface area contributed by atoms with E-state index in [0.29, 0.717) is 23.4 Å². The monoisotopic (exact) mass is 283 g/mol. The normalized spacial score (nSPS) is 27.3. The van der Waals surface area contributed by atoms with Gasteiger partial charge in [0.15, 0.2) is 11.0 Å². The van der Waals surface area contributed by atoms with E-state index in [9.17, 15) is 5.11 Å². The highest BCUT2D eigenvalue weighted by Crippen LogP contribution is 2.32. The van der Waals surface area contributed by atoms with Gasteiger partial charge in [0.25, 0.3) is 0 Å². The summed E-state index contributed by atoms with van der Waals surface area (Å²) in [6, 6.07) is 0. The smallest absolute Gasteiger partial charge is 0.155 e. The van der Waals surface area contributed by atoms with Crippen LogP contribution in [0.2, 0.25) is 5.15 Å². The summed E-state index contributed by atoms with van der Waals surface area (Å²) in [7, 11) is 0. The molecule has 2 rings (SSSR count). The Kier molecular flexibility index (Phi) is 4.31.